The molecule has 0 amide bonds. The van der Waals surface area contributed by atoms with Crippen LogP contribution in [-0.2, 0) is 0 Å². The lowest BCUT2D eigenvalue weighted by Crippen LogP contribution is -2.68. The molecule has 9 heteroatoms. The van der Waals surface area contributed by atoms with Gasteiger partial charge in [-0.2, -0.15) is 0 Å². The normalized spacial score (nSPS) is 10.6. The highest BCUT2D eigenvalue weighted by Crippen LogP contribution is 2.29. The first-order valence-electron chi connectivity index (χ1n) is 7.70. The second-order valence-corrected chi connectivity index (χ2v) is 6.11. The second kappa shape index (κ2) is 9.27. The topological polar surface area (TPSA) is 150 Å². The zero-order valence-electron chi connectivity index (χ0n) is 14.5. The van der Waals surface area contributed by atoms with E-state index in [9.17, 15) is 9.90 Å². The molecule has 0 aliphatic carbocycles. The Morgan fingerprint density at radius 2 is 1.36 bits per heavy atom. The number of ether oxygens (including phenoxy) is 1. The van der Waals surface area contributed by atoms with Gasteiger partial charge in [-0.05, 0) is 36.4 Å². The van der Waals surface area contributed by atoms with E-state index in [0.717, 1.165) is 16.9 Å². The lowest BCUT2D eigenvalue weighted by Gasteiger charge is -2.17. The Balaban J connectivity index is 0.000000500. The summed E-state index contributed by atoms with van der Waals surface area (Å²) in [6.07, 6.45) is 0. The molecule has 0 atom stereocenters. The van der Waals surface area contributed by atoms with Gasteiger partial charge in [-0.3, -0.25) is 0 Å². The van der Waals surface area contributed by atoms with Crippen LogP contribution in [0, 0.1) is 10.2 Å². The number of methoxy groups -OCH3 is 1. The quantitative estimate of drug-likeness (QED) is 0.587. The average Bonchev–Trinajstić information content (AvgIpc) is 2.67. The molecule has 2 aromatic carbocycles. The molecule has 146 valence electrons. The van der Waals surface area contributed by atoms with E-state index < -0.39 is 16.2 Å². The highest BCUT2D eigenvalue weighted by Gasteiger charge is 2.22. The van der Waals surface area contributed by atoms with E-state index in [0.29, 0.717) is 11.5 Å². The summed E-state index contributed by atoms with van der Waals surface area (Å²) < 4.78 is 45.0. The fourth-order valence-electron chi connectivity index (χ4n) is 2.27. The van der Waals surface area contributed by atoms with Gasteiger partial charge in [0.2, 0.25) is 0 Å². The maximum absolute atomic E-state index is 11.4. The monoisotopic (exact) mass is 406 g/mol. The third kappa shape index (κ3) is 6.62. The average molecular weight is 407 g/mol. The molecule has 1 aromatic heterocycles. The molecule has 0 aliphatic heterocycles. The molecule has 1 heterocycles. The van der Waals surface area contributed by atoms with Crippen LogP contribution >= 0.6 is 0 Å². The number of carboxylic acid groups (broad SMARTS) is 1. The van der Waals surface area contributed by atoms with E-state index in [4.69, 9.17) is 27.8 Å². The van der Waals surface area contributed by atoms with Crippen LogP contribution in [0.1, 0.15) is 10.4 Å². The van der Waals surface area contributed by atoms with Gasteiger partial charge in [-0.25, -0.2) is 27.8 Å². The Kier molecular flexibility index (Phi) is 7.05. The van der Waals surface area contributed by atoms with Gasteiger partial charge in [0, 0.05) is 0 Å². The van der Waals surface area contributed by atoms with Crippen molar-refractivity contribution in [2.75, 3.05) is 7.11 Å². The molecule has 8 nitrogen and oxygen atoms in total. The minimum Gasteiger partial charge on any atom is -0.497 e. The fraction of sp³-hybridized carbons (Fsp3) is 0.0526. The minimum absolute atomic E-state index is 0.181. The van der Waals surface area contributed by atoms with Crippen LogP contribution < -0.4 is 23.4 Å². The molecule has 3 aromatic rings. The highest BCUT2D eigenvalue weighted by atomic mass is 35.7. The van der Waals surface area contributed by atoms with Crippen molar-refractivity contribution < 1.29 is 47.9 Å². The van der Waals surface area contributed by atoms with Crippen LogP contribution in [0.4, 0.5) is 0 Å². The molecule has 28 heavy (non-hydrogen) atoms. The van der Waals surface area contributed by atoms with E-state index in [1.54, 1.807) is 19.2 Å². The van der Waals surface area contributed by atoms with E-state index in [1.165, 1.54) is 12.1 Å². The molecule has 1 N–H and O–H groups in total. The number of rotatable bonds is 4. The number of carboxylic acids is 1. The largest absolute Gasteiger partial charge is 0.497 e. The van der Waals surface area contributed by atoms with E-state index in [2.05, 4.69) is 0 Å². The first-order chi connectivity index (χ1) is 13.2. The number of hydrogen-bond donors (Lipinski definition) is 1. The molecule has 0 spiro atoms. The summed E-state index contributed by atoms with van der Waals surface area (Å²) in [7, 11) is -3.35. The van der Waals surface area contributed by atoms with Crippen molar-refractivity contribution in [2.45, 2.75) is 0 Å². The molecule has 0 saturated heterocycles. The van der Waals surface area contributed by atoms with Crippen LogP contribution in [-0.4, -0.2) is 18.2 Å². The van der Waals surface area contributed by atoms with E-state index >= 15 is 0 Å². The van der Waals surface area contributed by atoms with Gasteiger partial charge in [0.1, 0.15) is 5.75 Å². The summed E-state index contributed by atoms with van der Waals surface area (Å²) in [5, 5.41) is 9.35. The molecule has 0 aliphatic rings. The van der Waals surface area contributed by atoms with Gasteiger partial charge in [0.25, 0.3) is 0 Å². The van der Waals surface area contributed by atoms with Crippen LogP contribution in [0.15, 0.2) is 71.1 Å². The van der Waals surface area contributed by atoms with Crippen molar-refractivity contribution >= 4 is 5.97 Å². The molecule has 0 unspecified atom stereocenters. The fourth-order valence-corrected chi connectivity index (χ4v) is 2.27. The van der Waals surface area contributed by atoms with Gasteiger partial charge in [0.15, 0.2) is 0 Å². The summed E-state index contributed by atoms with van der Waals surface area (Å²) in [6, 6.07) is 19.7. The van der Waals surface area contributed by atoms with Gasteiger partial charge in [0.05, 0.1) is 35.9 Å². The second-order valence-electron chi connectivity index (χ2n) is 5.35. The van der Waals surface area contributed by atoms with Crippen molar-refractivity contribution in [3.8, 4) is 28.4 Å². The van der Waals surface area contributed by atoms with Crippen molar-refractivity contribution in [1.29, 1.82) is 0 Å². The third-order valence-electron chi connectivity index (χ3n) is 3.47. The minimum atomic E-state index is -4.94. The molecule has 0 bridgehead atoms. The Labute approximate surface area is 162 Å². The van der Waals surface area contributed by atoms with Crippen molar-refractivity contribution in [3.63, 3.8) is 0 Å². The van der Waals surface area contributed by atoms with Gasteiger partial charge in [-0.15, -0.1) is 10.2 Å². The van der Waals surface area contributed by atoms with Crippen LogP contribution in [0.25, 0.3) is 22.6 Å². The summed E-state index contributed by atoms with van der Waals surface area (Å²) in [5.74, 6) is 0.738. The smallest absolute Gasteiger partial charge is 0.361 e. The lowest BCUT2D eigenvalue weighted by molar-refractivity contribution is -2.00. The van der Waals surface area contributed by atoms with Gasteiger partial charge in [-0.1, -0.05) is 18.2 Å². The van der Waals surface area contributed by atoms with Gasteiger partial charge >= 0.3 is 17.5 Å². The standard InChI is InChI=1S/C19H14O4.ClHO4/c1-22-16-9-7-14(8-10-16)18-12-15(19(20)21)11-17(23-18)13-5-3-2-4-6-13;2-1(3,4)5/h2-12H,1H3;(H,2,3,4,5). The maximum Gasteiger partial charge on any atom is 0.361 e. The Morgan fingerprint density at radius 3 is 1.79 bits per heavy atom. The number of hydrogen-bond acceptors (Lipinski definition) is 6. The van der Waals surface area contributed by atoms with Crippen molar-refractivity contribution in [1.82, 2.24) is 0 Å². The molecule has 3 rings (SSSR count). The Hall–Kier alpha value is -3.01. The molecular formula is C19H15ClO8. The first kappa shape index (κ1) is 21.3. The van der Waals surface area contributed by atoms with Crippen LogP contribution in [0.3, 0.4) is 0 Å². The molecular weight excluding hydrogens is 392 g/mol. The lowest BCUT2D eigenvalue weighted by atomic mass is 10.1. The Bertz CT molecular complexity index is 915. The van der Waals surface area contributed by atoms with Crippen molar-refractivity contribution in [2.24, 2.45) is 0 Å². The first-order valence-corrected chi connectivity index (χ1v) is 8.94. The predicted octanol–water partition coefficient (Wildman–Crippen LogP) is -0.154. The molecule has 0 radical (unpaired) electrons. The Morgan fingerprint density at radius 1 is 0.893 bits per heavy atom. The number of benzene rings is 2. The van der Waals surface area contributed by atoms with E-state index in [-0.39, 0.29) is 5.56 Å². The van der Waals surface area contributed by atoms with Crippen molar-refractivity contribution in [3.05, 3.63) is 72.3 Å². The number of aromatic carboxylic acids is 1. The summed E-state index contributed by atoms with van der Waals surface area (Å²) in [4.78, 5) is 11.4. The zero-order chi connectivity index (χ0) is 20.7. The van der Waals surface area contributed by atoms with Gasteiger partial charge < -0.3 is 9.84 Å². The van der Waals surface area contributed by atoms with E-state index in [1.807, 2.05) is 42.5 Å². The molecule has 0 saturated carbocycles. The van der Waals surface area contributed by atoms with Crippen LogP contribution in [0.5, 0.6) is 5.75 Å². The maximum atomic E-state index is 11.4. The SMILES string of the molecule is COc1ccc(-c2cc(C(=O)O)cc(-c3ccccc3)[o+]2)cc1.[O-][Cl+3]([O-])([O-])[O-]. The number of carbonyl (C=O) groups is 1. The third-order valence-corrected chi connectivity index (χ3v) is 3.47. The summed E-state index contributed by atoms with van der Waals surface area (Å²) in [5.41, 5.74) is 1.79. The summed E-state index contributed by atoms with van der Waals surface area (Å²) >= 11 is 0. The van der Waals surface area contributed by atoms with Crippen LogP contribution in [0.2, 0.25) is 0 Å². The zero-order valence-corrected chi connectivity index (χ0v) is 15.3. The number of halogens is 1. The molecule has 0 fully saturated rings. The highest BCUT2D eigenvalue weighted by molar-refractivity contribution is 5.90. The predicted molar refractivity (Wildman–Crippen MR) is 87.5 cm³/mol. The summed E-state index contributed by atoms with van der Waals surface area (Å²) in [6.45, 7) is 0.